The predicted octanol–water partition coefficient (Wildman–Crippen LogP) is 3.21. The number of thiazole rings is 1. The van der Waals surface area contributed by atoms with Gasteiger partial charge in [-0.15, -0.1) is 36.2 Å². The number of hydrogen-bond donors (Lipinski definition) is 2. The molecule has 7 heteroatoms. The van der Waals surface area contributed by atoms with Crippen molar-refractivity contribution in [3.8, 4) is 0 Å². The molecule has 1 aliphatic rings. The van der Waals surface area contributed by atoms with Gasteiger partial charge in [0.15, 0.2) is 0 Å². The third-order valence-corrected chi connectivity index (χ3v) is 5.21. The molecular formula is C15H27Cl2N3OS. The molecule has 0 spiro atoms. The second kappa shape index (κ2) is 8.48. The number of aromatic nitrogens is 1. The van der Waals surface area contributed by atoms with Crippen LogP contribution >= 0.6 is 36.2 Å². The first kappa shape index (κ1) is 21.6. The van der Waals surface area contributed by atoms with Crippen molar-refractivity contribution < 1.29 is 4.79 Å². The predicted molar refractivity (Wildman–Crippen MR) is 97.4 cm³/mol. The van der Waals surface area contributed by atoms with Crippen molar-refractivity contribution >= 4 is 42.1 Å². The SMILES string of the molecule is CC(C)(C)c1nc(CC(=O)NC2(CN)CCCC2)cs1.Cl.Cl. The minimum absolute atomic E-state index is 0. The lowest BCUT2D eigenvalue weighted by Gasteiger charge is -2.28. The summed E-state index contributed by atoms with van der Waals surface area (Å²) < 4.78 is 0. The van der Waals surface area contributed by atoms with E-state index in [4.69, 9.17) is 5.73 Å². The summed E-state index contributed by atoms with van der Waals surface area (Å²) in [7, 11) is 0. The summed E-state index contributed by atoms with van der Waals surface area (Å²) in [5.74, 6) is 0.0445. The van der Waals surface area contributed by atoms with E-state index in [2.05, 4.69) is 31.1 Å². The zero-order valence-electron chi connectivity index (χ0n) is 13.5. The van der Waals surface area contributed by atoms with Crippen LogP contribution in [0.3, 0.4) is 0 Å². The zero-order chi connectivity index (χ0) is 14.8. The summed E-state index contributed by atoms with van der Waals surface area (Å²) in [6.07, 6.45) is 4.66. The molecule has 1 aromatic rings. The first-order chi connectivity index (χ1) is 9.35. The highest BCUT2D eigenvalue weighted by Gasteiger charge is 2.33. The highest BCUT2D eigenvalue weighted by Crippen LogP contribution is 2.29. The lowest BCUT2D eigenvalue weighted by molar-refractivity contribution is -0.122. The van der Waals surface area contributed by atoms with E-state index in [-0.39, 0.29) is 41.7 Å². The molecule has 0 unspecified atom stereocenters. The Bertz CT molecular complexity index is 479. The zero-order valence-corrected chi connectivity index (χ0v) is 15.9. The van der Waals surface area contributed by atoms with Crippen molar-refractivity contribution in [2.24, 2.45) is 5.73 Å². The molecule has 1 aromatic heterocycles. The fraction of sp³-hybridized carbons (Fsp3) is 0.733. The first-order valence-electron chi connectivity index (χ1n) is 7.31. The van der Waals surface area contributed by atoms with Gasteiger partial charge in [0.05, 0.1) is 22.7 Å². The van der Waals surface area contributed by atoms with Crippen molar-refractivity contribution in [3.05, 3.63) is 16.1 Å². The van der Waals surface area contributed by atoms with Crippen LogP contribution in [0.25, 0.3) is 0 Å². The lowest BCUT2D eigenvalue weighted by Crippen LogP contribution is -2.52. The van der Waals surface area contributed by atoms with E-state index in [0.29, 0.717) is 13.0 Å². The lowest BCUT2D eigenvalue weighted by atomic mass is 9.97. The van der Waals surface area contributed by atoms with Crippen LogP contribution < -0.4 is 11.1 Å². The van der Waals surface area contributed by atoms with Crippen LogP contribution in [0.15, 0.2) is 5.38 Å². The topological polar surface area (TPSA) is 68.0 Å². The summed E-state index contributed by atoms with van der Waals surface area (Å²) in [5.41, 5.74) is 6.59. The molecule has 128 valence electrons. The van der Waals surface area contributed by atoms with Gasteiger partial charge in [-0.25, -0.2) is 4.98 Å². The van der Waals surface area contributed by atoms with Crippen molar-refractivity contribution in [3.63, 3.8) is 0 Å². The summed E-state index contributed by atoms with van der Waals surface area (Å²) in [5, 5.41) is 6.21. The van der Waals surface area contributed by atoms with Gasteiger partial charge in [-0.1, -0.05) is 33.6 Å². The van der Waals surface area contributed by atoms with Crippen molar-refractivity contribution in [1.29, 1.82) is 0 Å². The van der Waals surface area contributed by atoms with E-state index in [9.17, 15) is 4.79 Å². The van der Waals surface area contributed by atoms with Crippen LogP contribution in [0, 0.1) is 0 Å². The maximum absolute atomic E-state index is 12.2. The second-order valence-electron chi connectivity index (χ2n) is 6.81. The smallest absolute Gasteiger partial charge is 0.226 e. The van der Waals surface area contributed by atoms with Gasteiger partial charge < -0.3 is 11.1 Å². The van der Waals surface area contributed by atoms with Crippen LogP contribution in [-0.4, -0.2) is 23.0 Å². The van der Waals surface area contributed by atoms with E-state index in [1.807, 2.05) is 5.38 Å². The summed E-state index contributed by atoms with van der Waals surface area (Å²) in [4.78, 5) is 16.8. The van der Waals surface area contributed by atoms with Crippen molar-refractivity contribution in [1.82, 2.24) is 10.3 Å². The van der Waals surface area contributed by atoms with Gasteiger partial charge >= 0.3 is 0 Å². The van der Waals surface area contributed by atoms with Gasteiger partial charge in [-0.3, -0.25) is 4.79 Å². The fourth-order valence-corrected chi connectivity index (χ4v) is 3.58. The maximum atomic E-state index is 12.2. The van der Waals surface area contributed by atoms with E-state index < -0.39 is 0 Å². The van der Waals surface area contributed by atoms with Crippen LogP contribution in [0.1, 0.15) is 57.2 Å². The quantitative estimate of drug-likeness (QED) is 0.858. The highest BCUT2D eigenvalue weighted by molar-refractivity contribution is 7.09. The molecule has 3 N–H and O–H groups in total. The number of hydrogen-bond acceptors (Lipinski definition) is 4. The van der Waals surface area contributed by atoms with Crippen molar-refractivity contribution in [2.45, 2.75) is 63.8 Å². The fourth-order valence-electron chi connectivity index (χ4n) is 2.67. The first-order valence-corrected chi connectivity index (χ1v) is 8.19. The molecule has 0 atom stereocenters. The molecule has 0 aromatic carbocycles. The molecule has 1 heterocycles. The highest BCUT2D eigenvalue weighted by atomic mass is 35.5. The third-order valence-electron chi connectivity index (χ3n) is 3.89. The molecule has 1 amide bonds. The number of amides is 1. The number of carbonyl (C=O) groups excluding carboxylic acids is 1. The molecule has 1 fully saturated rings. The number of nitrogens with zero attached hydrogens (tertiary/aromatic N) is 1. The number of carbonyl (C=O) groups is 1. The van der Waals surface area contributed by atoms with Gasteiger partial charge in [0, 0.05) is 17.3 Å². The molecule has 0 bridgehead atoms. The number of halogens is 2. The van der Waals surface area contributed by atoms with Crippen molar-refractivity contribution in [2.75, 3.05) is 6.54 Å². The summed E-state index contributed by atoms with van der Waals surface area (Å²) in [6, 6.07) is 0. The Morgan fingerprint density at radius 2 is 1.95 bits per heavy atom. The molecule has 0 radical (unpaired) electrons. The Morgan fingerprint density at radius 1 is 1.36 bits per heavy atom. The Balaban J connectivity index is 0.00000220. The third kappa shape index (κ3) is 5.37. The average molecular weight is 368 g/mol. The van der Waals surface area contributed by atoms with E-state index in [1.54, 1.807) is 11.3 Å². The average Bonchev–Trinajstić information content (AvgIpc) is 2.98. The van der Waals surface area contributed by atoms with E-state index in [0.717, 1.165) is 36.4 Å². The van der Waals surface area contributed by atoms with E-state index in [1.165, 1.54) is 0 Å². The molecule has 4 nitrogen and oxygen atoms in total. The van der Waals surface area contributed by atoms with Gasteiger partial charge in [0.25, 0.3) is 0 Å². The van der Waals surface area contributed by atoms with Crippen LogP contribution in [0.2, 0.25) is 0 Å². The molecule has 1 aliphatic carbocycles. The maximum Gasteiger partial charge on any atom is 0.226 e. The van der Waals surface area contributed by atoms with E-state index >= 15 is 0 Å². The summed E-state index contributed by atoms with van der Waals surface area (Å²) in [6.45, 7) is 6.94. The Hall–Kier alpha value is -0.360. The van der Waals surface area contributed by atoms with Gasteiger partial charge in [0.1, 0.15) is 0 Å². The minimum Gasteiger partial charge on any atom is -0.349 e. The monoisotopic (exact) mass is 367 g/mol. The Morgan fingerprint density at radius 3 is 2.41 bits per heavy atom. The normalized spacial score (nSPS) is 16.5. The number of nitrogens with two attached hydrogens (primary N) is 1. The standard InChI is InChI=1S/C15H25N3OS.2ClH/c1-14(2,3)13-17-11(9-20-13)8-12(19)18-15(10-16)6-4-5-7-15;;/h9H,4-8,10,16H2,1-3H3,(H,18,19);2*1H. The van der Waals surface area contributed by atoms with Gasteiger partial charge in [-0.05, 0) is 12.8 Å². The largest absolute Gasteiger partial charge is 0.349 e. The van der Waals surface area contributed by atoms with Gasteiger partial charge in [-0.2, -0.15) is 0 Å². The number of nitrogens with one attached hydrogen (secondary N) is 1. The Kier molecular flexibility index (Phi) is 8.34. The Labute approximate surface area is 149 Å². The van der Waals surface area contributed by atoms with Crippen LogP contribution in [-0.2, 0) is 16.6 Å². The minimum atomic E-state index is -0.167. The number of rotatable bonds is 4. The molecule has 1 saturated carbocycles. The van der Waals surface area contributed by atoms with Gasteiger partial charge in [0.2, 0.25) is 5.91 Å². The molecule has 2 rings (SSSR count). The van der Waals surface area contributed by atoms with Crippen LogP contribution in [0.4, 0.5) is 0 Å². The summed E-state index contributed by atoms with van der Waals surface area (Å²) >= 11 is 1.63. The molecule has 0 saturated heterocycles. The molecule has 0 aliphatic heterocycles. The molecule has 22 heavy (non-hydrogen) atoms. The van der Waals surface area contributed by atoms with Crippen LogP contribution in [0.5, 0.6) is 0 Å². The second-order valence-corrected chi connectivity index (χ2v) is 7.67. The molecular weight excluding hydrogens is 341 g/mol.